The van der Waals surface area contributed by atoms with Crippen molar-refractivity contribution in [2.24, 2.45) is 0 Å². The van der Waals surface area contributed by atoms with Crippen LogP contribution in [0.25, 0.3) is 0 Å². The quantitative estimate of drug-likeness (QED) is 0.642. The molecule has 25 heavy (non-hydrogen) atoms. The van der Waals surface area contributed by atoms with Gasteiger partial charge in [-0.2, -0.15) is 0 Å². The lowest BCUT2D eigenvalue weighted by Gasteiger charge is -2.16. The molecule has 7 heteroatoms. The molecular formula is C18H29N3O3S. The Morgan fingerprint density at radius 3 is 2.44 bits per heavy atom. The Morgan fingerprint density at radius 2 is 1.80 bits per heavy atom. The minimum Gasteiger partial charge on any atom is -0.357 e. The summed E-state index contributed by atoms with van der Waals surface area (Å²) in [7, 11) is -3.83. The second-order valence-electron chi connectivity index (χ2n) is 6.59. The van der Waals surface area contributed by atoms with Crippen LogP contribution in [0.3, 0.4) is 0 Å². The van der Waals surface area contributed by atoms with Crippen molar-refractivity contribution in [3.05, 3.63) is 18.3 Å². The molecule has 0 aliphatic carbocycles. The molecule has 1 N–H and O–H groups in total. The summed E-state index contributed by atoms with van der Waals surface area (Å²) in [6.07, 6.45) is 10.2. The van der Waals surface area contributed by atoms with Crippen molar-refractivity contribution in [1.29, 1.82) is 0 Å². The zero-order valence-electron chi connectivity index (χ0n) is 15.0. The van der Waals surface area contributed by atoms with Gasteiger partial charge in [0.15, 0.2) is 0 Å². The Kier molecular flexibility index (Phi) is 7.68. The maximum absolute atomic E-state index is 12.3. The number of aromatic nitrogens is 1. The number of anilines is 1. The van der Waals surface area contributed by atoms with E-state index in [4.69, 9.17) is 0 Å². The van der Waals surface area contributed by atoms with Gasteiger partial charge < -0.3 is 4.90 Å². The highest BCUT2D eigenvalue weighted by molar-refractivity contribution is 7.90. The van der Waals surface area contributed by atoms with Gasteiger partial charge in [0.2, 0.25) is 5.91 Å². The lowest BCUT2D eigenvalue weighted by atomic mass is 10.1. The summed E-state index contributed by atoms with van der Waals surface area (Å²) in [5.41, 5.74) is 0. The monoisotopic (exact) mass is 367 g/mol. The standard InChI is InChI=1S/C18H29N3O3S/c1-2-3-4-5-6-7-10-18(22)20-25(23,24)16-11-12-17(19-15-16)21-13-8-9-14-21/h11-12,15H,2-10,13-14H2,1H3,(H,20,22). The van der Waals surface area contributed by atoms with Crippen molar-refractivity contribution < 1.29 is 13.2 Å². The molecule has 6 nitrogen and oxygen atoms in total. The van der Waals surface area contributed by atoms with Crippen LogP contribution in [0.5, 0.6) is 0 Å². The van der Waals surface area contributed by atoms with Gasteiger partial charge in [0, 0.05) is 25.7 Å². The van der Waals surface area contributed by atoms with E-state index in [1.54, 1.807) is 6.07 Å². The second kappa shape index (κ2) is 9.75. The minimum absolute atomic E-state index is 0.0340. The first-order chi connectivity index (χ1) is 12.0. The second-order valence-corrected chi connectivity index (χ2v) is 8.28. The molecule has 2 heterocycles. The number of amides is 1. The van der Waals surface area contributed by atoms with Crippen molar-refractivity contribution in [3.8, 4) is 0 Å². The Bertz CT molecular complexity index is 638. The van der Waals surface area contributed by atoms with E-state index in [2.05, 4.69) is 21.5 Å². The molecule has 1 aromatic heterocycles. The van der Waals surface area contributed by atoms with E-state index >= 15 is 0 Å². The van der Waals surface area contributed by atoms with E-state index in [9.17, 15) is 13.2 Å². The zero-order chi connectivity index (χ0) is 18.1. The third-order valence-corrected chi connectivity index (χ3v) is 5.83. The van der Waals surface area contributed by atoms with Gasteiger partial charge in [-0.05, 0) is 31.4 Å². The van der Waals surface area contributed by atoms with Crippen molar-refractivity contribution in [3.63, 3.8) is 0 Å². The summed E-state index contributed by atoms with van der Waals surface area (Å²) in [6.45, 7) is 4.06. The van der Waals surface area contributed by atoms with Crippen molar-refractivity contribution in [1.82, 2.24) is 9.71 Å². The highest BCUT2D eigenvalue weighted by Gasteiger charge is 2.19. The van der Waals surface area contributed by atoms with Crippen molar-refractivity contribution >= 4 is 21.7 Å². The molecule has 1 aliphatic rings. The Morgan fingerprint density at radius 1 is 1.12 bits per heavy atom. The molecule has 0 saturated carbocycles. The van der Waals surface area contributed by atoms with Crippen LogP contribution in [0.1, 0.15) is 64.7 Å². The fourth-order valence-corrected chi connectivity index (χ4v) is 3.95. The van der Waals surface area contributed by atoms with Gasteiger partial charge in [0.1, 0.15) is 10.7 Å². The smallest absolute Gasteiger partial charge is 0.265 e. The summed E-state index contributed by atoms with van der Waals surface area (Å²) >= 11 is 0. The number of hydrogen-bond donors (Lipinski definition) is 1. The number of carbonyl (C=O) groups is 1. The third kappa shape index (κ3) is 6.30. The van der Waals surface area contributed by atoms with E-state index < -0.39 is 15.9 Å². The molecule has 0 atom stereocenters. The number of hydrogen-bond acceptors (Lipinski definition) is 5. The highest BCUT2D eigenvalue weighted by Crippen LogP contribution is 2.19. The van der Waals surface area contributed by atoms with E-state index in [0.29, 0.717) is 0 Å². The molecule has 1 fully saturated rings. The number of rotatable bonds is 10. The van der Waals surface area contributed by atoms with Gasteiger partial charge >= 0.3 is 0 Å². The summed E-state index contributed by atoms with van der Waals surface area (Å²) in [5.74, 6) is 0.342. The number of pyridine rings is 1. The molecule has 1 aromatic rings. The molecule has 0 aromatic carbocycles. The molecule has 140 valence electrons. The largest absolute Gasteiger partial charge is 0.357 e. The van der Waals surface area contributed by atoms with Gasteiger partial charge in [-0.25, -0.2) is 18.1 Å². The molecule has 0 unspecified atom stereocenters. The summed E-state index contributed by atoms with van der Waals surface area (Å²) in [6, 6.07) is 3.22. The zero-order valence-corrected chi connectivity index (χ0v) is 15.9. The highest BCUT2D eigenvalue weighted by atomic mass is 32.2. The number of nitrogens with zero attached hydrogens (tertiary/aromatic N) is 2. The van der Waals surface area contributed by atoms with Crippen LogP contribution in [0.4, 0.5) is 5.82 Å². The van der Waals surface area contributed by atoms with E-state index in [1.165, 1.54) is 31.5 Å². The van der Waals surface area contributed by atoms with Crippen molar-refractivity contribution in [2.75, 3.05) is 18.0 Å². The van der Waals surface area contributed by atoms with Gasteiger partial charge in [-0.3, -0.25) is 4.79 Å². The molecule has 1 saturated heterocycles. The van der Waals surface area contributed by atoms with Crippen LogP contribution in [-0.4, -0.2) is 32.4 Å². The maximum Gasteiger partial charge on any atom is 0.265 e. The number of carbonyl (C=O) groups excluding carboxylic acids is 1. The van der Waals surface area contributed by atoms with Crippen molar-refractivity contribution in [2.45, 2.75) is 69.6 Å². The van der Waals surface area contributed by atoms with E-state index in [-0.39, 0.29) is 11.3 Å². The SMILES string of the molecule is CCCCCCCCC(=O)NS(=O)(=O)c1ccc(N2CCCC2)nc1. The van der Waals surface area contributed by atoms with E-state index in [1.807, 2.05) is 0 Å². The minimum atomic E-state index is -3.83. The van der Waals surface area contributed by atoms with Crippen LogP contribution in [0, 0.1) is 0 Å². The Labute approximate surface area is 151 Å². The Hall–Kier alpha value is -1.63. The van der Waals surface area contributed by atoms with Gasteiger partial charge in [-0.15, -0.1) is 0 Å². The summed E-state index contributed by atoms with van der Waals surface area (Å²) in [4.78, 5) is 18.3. The van der Waals surface area contributed by atoms with E-state index in [0.717, 1.165) is 51.0 Å². The predicted molar refractivity (Wildman–Crippen MR) is 99.0 cm³/mol. The average molecular weight is 368 g/mol. The van der Waals surface area contributed by atoms with Gasteiger partial charge in [0.25, 0.3) is 10.0 Å². The van der Waals surface area contributed by atoms with Crippen LogP contribution < -0.4 is 9.62 Å². The lowest BCUT2D eigenvalue weighted by molar-refractivity contribution is -0.119. The molecule has 1 aliphatic heterocycles. The first kappa shape index (κ1) is 19.7. The van der Waals surface area contributed by atoms with Gasteiger partial charge in [0.05, 0.1) is 0 Å². The van der Waals surface area contributed by atoms with Crippen LogP contribution >= 0.6 is 0 Å². The normalized spacial score (nSPS) is 14.7. The molecule has 0 spiro atoms. The average Bonchev–Trinajstić information content (AvgIpc) is 3.12. The summed E-state index contributed by atoms with van der Waals surface area (Å²) < 4.78 is 26.7. The van der Waals surface area contributed by atoms with Crippen LogP contribution in [0.2, 0.25) is 0 Å². The molecule has 0 radical (unpaired) electrons. The van der Waals surface area contributed by atoms with Crippen LogP contribution in [-0.2, 0) is 14.8 Å². The first-order valence-corrected chi connectivity index (χ1v) is 10.8. The summed E-state index contributed by atoms with van der Waals surface area (Å²) in [5, 5.41) is 0. The fraction of sp³-hybridized carbons (Fsp3) is 0.667. The van der Waals surface area contributed by atoms with Gasteiger partial charge in [-0.1, -0.05) is 39.0 Å². The van der Waals surface area contributed by atoms with Crippen LogP contribution in [0.15, 0.2) is 23.2 Å². The predicted octanol–water partition coefficient (Wildman–Crippen LogP) is 3.24. The first-order valence-electron chi connectivity index (χ1n) is 9.29. The molecular weight excluding hydrogens is 338 g/mol. The fourth-order valence-electron chi connectivity index (χ4n) is 2.99. The third-order valence-electron chi connectivity index (χ3n) is 4.47. The lowest BCUT2D eigenvalue weighted by Crippen LogP contribution is -2.30. The molecule has 1 amide bonds. The number of sulfonamides is 1. The number of unbranched alkanes of at least 4 members (excludes halogenated alkanes) is 5. The number of nitrogens with one attached hydrogen (secondary N) is 1. The molecule has 2 rings (SSSR count). The molecule has 0 bridgehead atoms. The Balaban J connectivity index is 1.80. The maximum atomic E-state index is 12.3. The topological polar surface area (TPSA) is 79.4 Å².